The Bertz CT molecular complexity index is 135. The first-order chi connectivity index (χ1) is 6.29. The van der Waals surface area contributed by atoms with Gasteiger partial charge in [-0.25, -0.2) is 0 Å². The van der Waals surface area contributed by atoms with Gasteiger partial charge in [0.1, 0.15) is 0 Å². The molecule has 0 aromatic carbocycles. The molecule has 1 aliphatic rings. The Hall–Kier alpha value is -0.120. The minimum Gasteiger partial charge on any atom is -0.395 e. The first kappa shape index (κ1) is 11.0. The van der Waals surface area contributed by atoms with Gasteiger partial charge in [0, 0.05) is 12.1 Å². The van der Waals surface area contributed by atoms with Crippen molar-refractivity contribution in [3.05, 3.63) is 0 Å². The fraction of sp³-hybridized carbons (Fsp3) is 1.00. The number of likely N-dealkylation sites (tertiary alicyclic amines) is 1. The summed E-state index contributed by atoms with van der Waals surface area (Å²) in [5.41, 5.74) is 6.02. The van der Waals surface area contributed by atoms with Crippen molar-refractivity contribution >= 4 is 0 Å². The van der Waals surface area contributed by atoms with Gasteiger partial charge in [0.2, 0.25) is 0 Å². The molecule has 13 heavy (non-hydrogen) atoms. The molecule has 0 aromatic heterocycles. The van der Waals surface area contributed by atoms with E-state index in [2.05, 4.69) is 11.8 Å². The lowest BCUT2D eigenvalue weighted by Gasteiger charge is -2.30. The largest absolute Gasteiger partial charge is 0.395 e. The van der Waals surface area contributed by atoms with Gasteiger partial charge in [-0.3, -0.25) is 4.90 Å². The predicted octanol–water partition coefficient (Wildman–Crippen LogP) is 0.570. The maximum atomic E-state index is 9.26. The fourth-order valence-electron chi connectivity index (χ4n) is 2.12. The Labute approximate surface area is 80.9 Å². The molecule has 2 unspecified atom stereocenters. The topological polar surface area (TPSA) is 49.5 Å². The molecule has 0 aliphatic carbocycles. The lowest BCUT2D eigenvalue weighted by molar-refractivity contribution is 0.122. The van der Waals surface area contributed by atoms with Crippen molar-refractivity contribution in [3.8, 4) is 0 Å². The van der Waals surface area contributed by atoms with Gasteiger partial charge in [0.15, 0.2) is 0 Å². The second-order valence-electron chi connectivity index (χ2n) is 3.95. The van der Waals surface area contributed by atoms with Crippen LogP contribution in [0.3, 0.4) is 0 Å². The first-order valence-corrected chi connectivity index (χ1v) is 5.40. The van der Waals surface area contributed by atoms with Crippen LogP contribution in [-0.2, 0) is 0 Å². The normalized spacial score (nSPS) is 23.3. The van der Waals surface area contributed by atoms with Gasteiger partial charge in [-0.15, -0.1) is 0 Å². The number of aliphatic hydroxyl groups excluding tert-OH is 1. The van der Waals surface area contributed by atoms with Gasteiger partial charge in [-0.2, -0.15) is 0 Å². The minimum absolute atomic E-state index is 0.146. The molecule has 1 rings (SSSR count). The second kappa shape index (κ2) is 5.58. The van der Waals surface area contributed by atoms with Crippen molar-refractivity contribution in [1.29, 1.82) is 0 Å². The summed E-state index contributed by atoms with van der Waals surface area (Å²) in [5, 5.41) is 9.26. The smallest absolute Gasteiger partial charge is 0.0601 e. The summed E-state index contributed by atoms with van der Waals surface area (Å²) in [6.45, 7) is 4.57. The van der Waals surface area contributed by atoms with E-state index in [9.17, 15) is 5.11 Å². The van der Waals surface area contributed by atoms with E-state index in [-0.39, 0.29) is 18.7 Å². The zero-order valence-corrected chi connectivity index (χ0v) is 8.58. The molecule has 3 heteroatoms. The molecule has 1 heterocycles. The zero-order valence-electron chi connectivity index (χ0n) is 8.58. The van der Waals surface area contributed by atoms with E-state index >= 15 is 0 Å². The molecule has 2 atom stereocenters. The van der Waals surface area contributed by atoms with Crippen LogP contribution in [0.25, 0.3) is 0 Å². The van der Waals surface area contributed by atoms with E-state index in [1.165, 1.54) is 12.8 Å². The van der Waals surface area contributed by atoms with Gasteiger partial charge in [-0.05, 0) is 32.4 Å². The van der Waals surface area contributed by atoms with Crippen molar-refractivity contribution in [2.45, 2.75) is 44.7 Å². The van der Waals surface area contributed by atoms with Crippen LogP contribution in [0.4, 0.5) is 0 Å². The summed E-state index contributed by atoms with van der Waals surface area (Å²) in [5.74, 6) is 0. The molecule has 0 saturated carbocycles. The Balaban J connectivity index is 2.39. The quantitative estimate of drug-likeness (QED) is 0.660. The van der Waals surface area contributed by atoms with Crippen LogP contribution in [-0.4, -0.2) is 41.8 Å². The summed E-state index contributed by atoms with van der Waals surface area (Å²) in [6.07, 6.45) is 4.64. The number of nitrogens with zero attached hydrogens (tertiary/aromatic N) is 1. The third kappa shape index (κ3) is 2.93. The standard InChI is InChI=1S/C10H22N2O/c1-2-5-9(11)10(8-13)12-6-3-4-7-12/h9-10,13H,2-8,11H2,1H3. The SMILES string of the molecule is CCCC(N)C(CO)N1CCCC1. The maximum absolute atomic E-state index is 9.26. The summed E-state index contributed by atoms with van der Waals surface area (Å²) < 4.78 is 0. The maximum Gasteiger partial charge on any atom is 0.0601 e. The van der Waals surface area contributed by atoms with Crippen LogP contribution >= 0.6 is 0 Å². The highest BCUT2D eigenvalue weighted by atomic mass is 16.3. The average molecular weight is 186 g/mol. The van der Waals surface area contributed by atoms with Crippen LogP contribution in [0.5, 0.6) is 0 Å². The predicted molar refractivity (Wildman–Crippen MR) is 54.6 cm³/mol. The molecular weight excluding hydrogens is 164 g/mol. The lowest BCUT2D eigenvalue weighted by atomic mass is 10.0. The number of nitrogens with two attached hydrogens (primary N) is 1. The molecule has 1 fully saturated rings. The van der Waals surface area contributed by atoms with Gasteiger partial charge >= 0.3 is 0 Å². The van der Waals surface area contributed by atoms with Crippen molar-refractivity contribution in [2.75, 3.05) is 19.7 Å². The van der Waals surface area contributed by atoms with Gasteiger partial charge < -0.3 is 10.8 Å². The lowest BCUT2D eigenvalue weighted by Crippen LogP contribution is -2.48. The zero-order chi connectivity index (χ0) is 9.68. The van der Waals surface area contributed by atoms with Crippen LogP contribution in [0.2, 0.25) is 0 Å². The van der Waals surface area contributed by atoms with Crippen LogP contribution in [0.15, 0.2) is 0 Å². The Morgan fingerprint density at radius 2 is 2.00 bits per heavy atom. The van der Waals surface area contributed by atoms with Gasteiger partial charge in [-0.1, -0.05) is 13.3 Å². The van der Waals surface area contributed by atoms with Crippen molar-refractivity contribution in [2.24, 2.45) is 5.73 Å². The van der Waals surface area contributed by atoms with Crippen molar-refractivity contribution in [3.63, 3.8) is 0 Å². The van der Waals surface area contributed by atoms with Crippen molar-refractivity contribution in [1.82, 2.24) is 4.90 Å². The second-order valence-corrected chi connectivity index (χ2v) is 3.95. The molecule has 1 aliphatic heterocycles. The average Bonchev–Trinajstić information content (AvgIpc) is 2.59. The highest BCUT2D eigenvalue weighted by molar-refractivity contribution is 4.83. The molecule has 0 bridgehead atoms. The number of rotatable bonds is 5. The monoisotopic (exact) mass is 186 g/mol. The van der Waals surface area contributed by atoms with E-state index in [0.29, 0.717) is 0 Å². The van der Waals surface area contributed by atoms with Crippen LogP contribution < -0.4 is 5.73 Å². The minimum atomic E-state index is 0.146. The third-order valence-corrected chi connectivity index (χ3v) is 2.91. The Morgan fingerprint density at radius 1 is 1.38 bits per heavy atom. The molecule has 0 spiro atoms. The molecule has 3 N–H and O–H groups in total. The Kier molecular flexibility index (Phi) is 4.70. The van der Waals surface area contributed by atoms with Gasteiger partial charge in [0.05, 0.1) is 6.61 Å². The number of aliphatic hydroxyl groups is 1. The van der Waals surface area contributed by atoms with E-state index in [4.69, 9.17) is 5.73 Å². The molecule has 0 amide bonds. The summed E-state index contributed by atoms with van der Waals surface area (Å²) in [4.78, 5) is 2.33. The molecule has 0 radical (unpaired) electrons. The fourth-order valence-corrected chi connectivity index (χ4v) is 2.12. The number of hydrogen-bond donors (Lipinski definition) is 2. The van der Waals surface area contributed by atoms with E-state index in [1.807, 2.05) is 0 Å². The van der Waals surface area contributed by atoms with E-state index < -0.39 is 0 Å². The van der Waals surface area contributed by atoms with E-state index in [0.717, 1.165) is 25.9 Å². The summed E-state index contributed by atoms with van der Waals surface area (Å²) in [7, 11) is 0. The van der Waals surface area contributed by atoms with Crippen LogP contribution in [0.1, 0.15) is 32.6 Å². The first-order valence-electron chi connectivity index (χ1n) is 5.40. The highest BCUT2D eigenvalue weighted by Crippen LogP contribution is 2.15. The van der Waals surface area contributed by atoms with E-state index in [1.54, 1.807) is 0 Å². The molecule has 0 aromatic rings. The van der Waals surface area contributed by atoms with Crippen LogP contribution in [0, 0.1) is 0 Å². The van der Waals surface area contributed by atoms with Gasteiger partial charge in [0.25, 0.3) is 0 Å². The third-order valence-electron chi connectivity index (χ3n) is 2.91. The molecule has 1 saturated heterocycles. The molecule has 3 nitrogen and oxygen atoms in total. The van der Waals surface area contributed by atoms with Crippen molar-refractivity contribution < 1.29 is 5.11 Å². The molecular formula is C10H22N2O. The summed E-state index contributed by atoms with van der Waals surface area (Å²) in [6, 6.07) is 0.343. The molecule has 78 valence electrons. The highest BCUT2D eigenvalue weighted by Gasteiger charge is 2.25. The Morgan fingerprint density at radius 3 is 2.46 bits per heavy atom. The number of hydrogen-bond acceptors (Lipinski definition) is 3. The summed E-state index contributed by atoms with van der Waals surface area (Å²) >= 11 is 0.